The van der Waals surface area contributed by atoms with E-state index in [1.165, 1.54) is 17.0 Å². The maximum Gasteiger partial charge on any atom is 0.410 e. The second kappa shape index (κ2) is 5.93. The predicted octanol–water partition coefficient (Wildman–Crippen LogP) is 3.63. The molecule has 6 heteroatoms. The number of hydrogen-bond acceptors (Lipinski definition) is 3. The minimum atomic E-state index is -0.641. The highest BCUT2D eigenvalue weighted by atomic mass is 79.9. The number of rotatable bonds is 1. The third-order valence-corrected chi connectivity index (χ3v) is 3.95. The molecule has 2 rings (SSSR count). The van der Waals surface area contributed by atoms with Gasteiger partial charge in [-0.25, -0.2) is 9.18 Å². The van der Waals surface area contributed by atoms with Crippen molar-refractivity contribution in [2.45, 2.75) is 44.9 Å². The number of aliphatic hydroxyl groups excluding tert-OH is 1. The number of β-amino-alcohol motifs (C(OH)–C–C–N with tert-alkyl or cyclic N) is 1. The van der Waals surface area contributed by atoms with Gasteiger partial charge in [0.15, 0.2) is 0 Å². The SMILES string of the molecule is CC(C)(C)OC(=O)N1CC(O)CC1c1cc(F)ccc1Br. The van der Waals surface area contributed by atoms with Gasteiger partial charge in [0.2, 0.25) is 0 Å². The molecule has 1 aliphatic heterocycles. The molecule has 1 amide bonds. The highest BCUT2D eigenvalue weighted by molar-refractivity contribution is 9.10. The largest absolute Gasteiger partial charge is 0.444 e. The molecule has 0 spiro atoms. The van der Waals surface area contributed by atoms with Crippen molar-refractivity contribution in [1.29, 1.82) is 0 Å². The van der Waals surface area contributed by atoms with E-state index in [1.54, 1.807) is 26.8 Å². The molecule has 1 aromatic carbocycles. The number of halogens is 2. The quantitative estimate of drug-likeness (QED) is 0.832. The smallest absolute Gasteiger partial charge is 0.410 e. The van der Waals surface area contributed by atoms with Gasteiger partial charge in [0.05, 0.1) is 18.7 Å². The molecule has 1 fully saturated rings. The first-order valence-electron chi connectivity index (χ1n) is 6.80. The van der Waals surface area contributed by atoms with Gasteiger partial charge < -0.3 is 9.84 Å². The van der Waals surface area contributed by atoms with Crippen molar-refractivity contribution in [3.8, 4) is 0 Å². The highest BCUT2D eigenvalue weighted by Crippen LogP contribution is 2.37. The fourth-order valence-electron chi connectivity index (χ4n) is 2.40. The average Bonchev–Trinajstić information content (AvgIpc) is 2.72. The third kappa shape index (κ3) is 3.95. The Morgan fingerprint density at radius 3 is 2.76 bits per heavy atom. The molecule has 4 nitrogen and oxygen atoms in total. The van der Waals surface area contributed by atoms with Crippen LogP contribution in [0.2, 0.25) is 0 Å². The lowest BCUT2D eigenvalue weighted by atomic mass is 10.0. The number of aliphatic hydroxyl groups is 1. The average molecular weight is 360 g/mol. The lowest BCUT2D eigenvalue weighted by Crippen LogP contribution is -2.37. The Hall–Kier alpha value is -1.14. The Labute approximate surface area is 132 Å². The summed E-state index contributed by atoms with van der Waals surface area (Å²) in [7, 11) is 0. The molecule has 1 aromatic rings. The summed E-state index contributed by atoms with van der Waals surface area (Å²) in [4.78, 5) is 13.7. The number of carbonyl (C=O) groups is 1. The molecule has 1 N–H and O–H groups in total. The van der Waals surface area contributed by atoms with E-state index in [2.05, 4.69) is 15.9 Å². The standard InChI is InChI=1S/C15H19BrFNO3/c1-15(2,3)21-14(20)18-8-10(19)7-13(18)11-6-9(17)4-5-12(11)16/h4-6,10,13,19H,7-8H2,1-3H3. The molecular formula is C15H19BrFNO3. The van der Waals surface area contributed by atoms with Crippen molar-refractivity contribution in [2.75, 3.05) is 6.54 Å². The van der Waals surface area contributed by atoms with Crippen LogP contribution >= 0.6 is 15.9 Å². The maximum atomic E-state index is 13.5. The van der Waals surface area contributed by atoms with E-state index < -0.39 is 23.8 Å². The molecule has 0 saturated carbocycles. The highest BCUT2D eigenvalue weighted by Gasteiger charge is 2.38. The molecule has 0 aliphatic carbocycles. The van der Waals surface area contributed by atoms with Crippen LogP contribution in [0.5, 0.6) is 0 Å². The topological polar surface area (TPSA) is 49.8 Å². The minimum Gasteiger partial charge on any atom is -0.444 e. The van der Waals surface area contributed by atoms with Gasteiger partial charge in [0.25, 0.3) is 0 Å². The number of carbonyl (C=O) groups excluding carboxylic acids is 1. The normalized spacial score (nSPS) is 22.5. The van der Waals surface area contributed by atoms with Crippen LogP contribution in [0.15, 0.2) is 22.7 Å². The van der Waals surface area contributed by atoms with E-state index in [4.69, 9.17) is 4.74 Å². The maximum absolute atomic E-state index is 13.5. The van der Waals surface area contributed by atoms with Crippen molar-refractivity contribution in [3.63, 3.8) is 0 Å². The van der Waals surface area contributed by atoms with E-state index in [9.17, 15) is 14.3 Å². The summed E-state index contributed by atoms with van der Waals surface area (Å²) >= 11 is 3.37. The zero-order chi connectivity index (χ0) is 15.8. The van der Waals surface area contributed by atoms with Gasteiger partial charge in [-0.1, -0.05) is 15.9 Å². The molecule has 0 radical (unpaired) electrons. The van der Waals surface area contributed by atoms with Crippen molar-refractivity contribution in [2.24, 2.45) is 0 Å². The molecule has 21 heavy (non-hydrogen) atoms. The Morgan fingerprint density at radius 1 is 1.48 bits per heavy atom. The summed E-state index contributed by atoms with van der Waals surface area (Å²) in [6, 6.07) is 3.92. The Balaban J connectivity index is 2.28. The van der Waals surface area contributed by atoms with E-state index >= 15 is 0 Å². The van der Waals surface area contributed by atoms with Crippen LogP contribution in [0.25, 0.3) is 0 Å². The Bertz CT molecular complexity index is 544. The van der Waals surface area contributed by atoms with Gasteiger partial charge >= 0.3 is 6.09 Å². The number of nitrogens with zero attached hydrogens (tertiary/aromatic N) is 1. The van der Waals surface area contributed by atoms with Crippen LogP contribution in [0.1, 0.15) is 38.8 Å². The molecule has 2 atom stereocenters. The van der Waals surface area contributed by atoms with E-state index in [0.29, 0.717) is 16.5 Å². The van der Waals surface area contributed by atoms with Gasteiger partial charge in [0.1, 0.15) is 11.4 Å². The van der Waals surface area contributed by atoms with Gasteiger partial charge in [-0.05, 0) is 51.0 Å². The predicted molar refractivity (Wildman–Crippen MR) is 80.4 cm³/mol. The van der Waals surface area contributed by atoms with Crippen molar-refractivity contribution < 1.29 is 19.0 Å². The second-order valence-corrected chi connectivity index (χ2v) is 7.06. The van der Waals surface area contributed by atoms with Gasteiger partial charge in [-0.15, -0.1) is 0 Å². The lowest BCUT2D eigenvalue weighted by molar-refractivity contribution is 0.0206. The summed E-state index contributed by atoms with van der Waals surface area (Å²) in [6.45, 7) is 5.53. The van der Waals surface area contributed by atoms with Crippen molar-refractivity contribution in [3.05, 3.63) is 34.1 Å². The van der Waals surface area contributed by atoms with Crippen LogP contribution < -0.4 is 0 Å². The lowest BCUT2D eigenvalue weighted by Gasteiger charge is -2.29. The van der Waals surface area contributed by atoms with Gasteiger partial charge in [-0.2, -0.15) is 0 Å². The number of ether oxygens (including phenoxy) is 1. The number of likely N-dealkylation sites (tertiary alicyclic amines) is 1. The van der Waals surface area contributed by atoms with E-state index in [-0.39, 0.29) is 12.4 Å². The molecule has 1 saturated heterocycles. The van der Waals surface area contributed by atoms with Crippen LogP contribution in [-0.4, -0.2) is 34.3 Å². The van der Waals surface area contributed by atoms with Crippen molar-refractivity contribution >= 4 is 22.0 Å². The monoisotopic (exact) mass is 359 g/mol. The summed E-state index contributed by atoms with van der Waals surface area (Å²) in [5.41, 5.74) is 0.0198. The van der Waals surface area contributed by atoms with E-state index in [0.717, 1.165) is 0 Å². The zero-order valence-corrected chi connectivity index (χ0v) is 13.9. The molecule has 2 unspecified atom stereocenters. The molecule has 0 bridgehead atoms. The summed E-state index contributed by atoms with van der Waals surface area (Å²) in [5, 5.41) is 9.88. The van der Waals surface area contributed by atoms with Gasteiger partial charge in [-0.3, -0.25) is 4.90 Å². The summed E-state index contributed by atoms with van der Waals surface area (Å²) in [5.74, 6) is -0.376. The summed E-state index contributed by atoms with van der Waals surface area (Å²) in [6.07, 6.45) is -0.778. The number of hydrogen-bond donors (Lipinski definition) is 1. The molecule has 116 valence electrons. The zero-order valence-electron chi connectivity index (χ0n) is 12.3. The Morgan fingerprint density at radius 2 is 2.14 bits per heavy atom. The first-order chi connectivity index (χ1) is 9.67. The molecule has 0 aromatic heterocycles. The summed E-state index contributed by atoms with van der Waals surface area (Å²) < 4.78 is 19.5. The second-order valence-electron chi connectivity index (χ2n) is 6.20. The van der Waals surface area contributed by atoms with Crippen LogP contribution in [-0.2, 0) is 4.74 Å². The van der Waals surface area contributed by atoms with Crippen LogP contribution in [0.3, 0.4) is 0 Å². The van der Waals surface area contributed by atoms with Crippen LogP contribution in [0.4, 0.5) is 9.18 Å². The molecule has 1 heterocycles. The first kappa shape index (κ1) is 16.2. The minimum absolute atomic E-state index is 0.183. The van der Waals surface area contributed by atoms with E-state index in [1.807, 2.05) is 0 Å². The fraction of sp³-hybridized carbons (Fsp3) is 0.533. The molecular weight excluding hydrogens is 341 g/mol. The number of amides is 1. The molecule has 1 aliphatic rings. The van der Waals surface area contributed by atoms with Gasteiger partial charge in [0, 0.05) is 4.47 Å². The third-order valence-electron chi connectivity index (χ3n) is 3.22. The Kier molecular flexibility index (Phi) is 4.58. The van der Waals surface area contributed by atoms with Crippen molar-refractivity contribution in [1.82, 2.24) is 4.90 Å². The first-order valence-corrected chi connectivity index (χ1v) is 7.59. The number of benzene rings is 1. The fourth-order valence-corrected chi connectivity index (χ4v) is 2.91. The van der Waals surface area contributed by atoms with Crippen LogP contribution in [0, 0.1) is 5.82 Å².